The van der Waals surface area contributed by atoms with E-state index in [2.05, 4.69) is 30.7 Å². The molecule has 0 radical (unpaired) electrons. The maximum atomic E-state index is 6.06. The number of aromatic nitrogens is 1. The maximum Gasteiger partial charge on any atom is 0.147 e. The van der Waals surface area contributed by atoms with Gasteiger partial charge in [-0.15, -0.1) is 0 Å². The van der Waals surface area contributed by atoms with E-state index in [1.807, 2.05) is 0 Å². The molecule has 0 aliphatic carbocycles. The van der Waals surface area contributed by atoms with Crippen molar-refractivity contribution in [3.8, 4) is 0 Å². The summed E-state index contributed by atoms with van der Waals surface area (Å²) in [5, 5.41) is 0.612. The van der Waals surface area contributed by atoms with Crippen LogP contribution in [0.1, 0.15) is 20.8 Å². The molecule has 0 aliphatic rings. The Balaban J connectivity index is 3.04. The number of rotatable bonds is 3. The summed E-state index contributed by atoms with van der Waals surface area (Å²) in [5.74, 6) is 0.804. The molecule has 0 saturated heterocycles. The predicted molar refractivity (Wildman–Crippen MR) is 61.8 cm³/mol. The smallest absolute Gasteiger partial charge is 0.147 e. The topological polar surface area (TPSA) is 42.2 Å². The third-order valence-electron chi connectivity index (χ3n) is 2.08. The third-order valence-corrected chi connectivity index (χ3v) is 2.36. The molecule has 1 aromatic heterocycles. The summed E-state index contributed by atoms with van der Waals surface area (Å²) in [7, 11) is 0. The first-order valence-corrected chi connectivity index (χ1v) is 5.11. The second-order valence-corrected chi connectivity index (χ2v) is 3.86. The van der Waals surface area contributed by atoms with E-state index < -0.39 is 0 Å². The van der Waals surface area contributed by atoms with Gasteiger partial charge in [-0.3, -0.25) is 0 Å². The Morgan fingerprint density at radius 3 is 2.64 bits per heavy atom. The van der Waals surface area contributed by atoms with Gasteiger partial charge in [0.15, 0.2) is 0 Å². The molecular weight excluding hydrogens is 198 g/mol. The minimum absolute atomic E-state index is 0.383. The van der Waals surface area contributed by atoms with Crippen LogP contribution in [0.3, 0.4) is 0 Å². The van der Waals surface area contributed by atoms with Crippen LogP contribution < -0.4 is 10.6 Å². The molecule has 4 heteroatoms. The molecule has 1 rings (SSSR count). The standard InChI is InChI=1S/C10H16ClN3/c1-4-14(7(2)3)10-9(11)5-8(12)6-13-10/h5-7H,4,12H2,1-3H3. The van der Waals surface area contributed by atoms with Gasteiger partial charge in [-0.1, -0.05) is 11.6 Å². The fourth-order valence-corrected chi connectivity index (χ4v) is 1.70. The van der Waals surface area contributed by atoms with Crippen LogP contribution in [0.5, 0.6) is 0 Å². The van der Waals surface area contributed by atoms with Crippen molar-refractivity contribution in [2.24, 2.45) is 0 Å². The molecule has 0 aromatic carbocycles. The van der Waals surface area contributed by atoms with Gasteiger partial charge in [0.05, 0.1) is 16.9 Å². The molecule has 0 unspecified atom stereocenters. The van der Waals surface area contributed by atoms with Crippen LogP contribution in [-0.4, -0.2) is 17.6 Å². The minimum Gasteiger partial charge on any atom is -0.397 e. The number of hydrogen-bond donors (Lipinski definition) is 1. The second-order valence-electron chi connectivity index (χ2n) is 3.45. The number of hydrogen-bond acceptors (Lipinski definition) is 3. The summed E-state index contributed by atoms with van der Waals surface area (Å²) in [5.41, 5.74) is 6.18. The van der Waals surface area contributed by atoms with Crippen molar-refractivity contribution in [2.75, 3.05) is 17.2 Å². The lowest BCUT2D eigenvalue weighted by Crippen LogP contribution is -2.31. The summed E-state index contributed by atoms with van der Waals surface area (Å²) >= 11 is 6.06. The summed E-state index contributed by atoms with van der Waals surface area (Å²) in [6.07, 6.45) is 1.63. The van der Waals surface area contributed by atoms with E-state index >= 15 is 0 Å². The van der Waals surface area contributed by atoms with Crippen LogP contribution in [-0.2, 0) is 0 Å². The molecule has 2 N–H and O–H groups in total. The quantitative estimate of drug-likeness (QED) is 0.839. The average molecular weight is 214 g/mol. The Hall–Kier alpha value is -0.960. The fourth-order valence-electron chi connectivity index (χ4n) is 1.42. The van der Waals surface area contributed by atoms with Crippen molar-refractivity contribution in [3.63, 3.8) is 0 Å². The normalized spacial score (nSPS) is 10.6. The molecule has 0 fully saturated rings. The Bertz CT molecular complexity index is 312. The van der Waals surface area contributed by atoms with Crippen molar-refractivity contribution >= 4 is 23.1 Å². The van der Waals surface area contributed by atoms with Crippen LogP contribution in [0.4, 0.5) is 11.5 Å². The van der Waals surface area contributed by atoms with Gasteiger partial charge < -0.3 is 10.6 Å². The van der Waals surface area contributed by atoms with Crippen molar-refractivity contribution in [1.82, 2.24) is 4.98 Å². The molecule has 0 saturated carbocycles. The van der Waals surface area contributed by atoms with Gasteiger partial charge in [-0.05, 0) is 26.8 Å². The lowest BCUT2D eigenvalue weighted by molar-refractivity contribution is 0.694. The predicted octanol–water partition coefficient (Wildman–Crippen LogP) is 2.55. The van der Waals surface area contributed by atoms with Crippen LogP contribution in [0, 0.1) is 0 Å². The van der Waals surface area contributed by atoms with Crippen LogP contribution in [0.25, 0.3) is 0 Å². The lowest BCUT2D eigenvalue weighted by atomic mass is 10.3. The number of nitrogens with zero attached hydrogens (tertiary/aromatic N) is 2. The van der Waals surface area contributed by atoms with Crippen molar-refractivity contribution < 1.29 is 0 Å². The van der Waals surface area contributed by atoms with E-state index in [-0.39, 0.29) is 0 Å². The largest absolute Gasteiger partial charge is 0.397 e. The average Bonchev–Trinajstić information content (AvgIpc) is 2.09. The first-order chi connectivity index (χ1) is 6.56. The summed E-state index contributed by atoms with van der Waals surface area (Å²) in [6, 6.07) is 2.11. The minimum atomic E-state index is 0.383. The van der Waals surface area contributed by atoms with Crippen molar-refractivity contribution in [2.45, 2.75) is 26.8 Å². The van der Waals surface area contributed by atoms with Crippen molar-refractivity contribution in [3.05, 3.63) is 17.3 Å². The Morgan fingerprint density at radius 1 is 1.57 bits per heavy atom. The summed E-state index contributed by atoms with van der Waals surface area (Å²) < 4.78 is 0. The molecule has 0 spiro atoms. The highest BCUT2D eigenvalue weighted by Crippen LogP contribution is 2.25. The highest BCUT2D eigenvalue weighted by molar-refractivity contribution is 6.33. The maximum absolute atomic E-state index is 6.06. The molecule has 0 amide bonds. The Labute approximate surface area is 89.9 Å². The van der Waals surface area contributed by atoms with Gasteiger partial charge in [-0.2, -0.15) is 0 Å². The number of halogens is 1. The second kappa shape index (κ2) is 4.51. The van der Waals surface area contributed by atoms with Crippen LogP contribution in [0.15, 0.2) is 12.3 Å². The fraction of sp³-hybridized carbons (Fsp3) is 0.500. The summed E-state index contributed by atoms with van der Waals surface area (Å²) in [6.45, 7) is 7.18. The molecule has 3 nitrogen and oxygen atoms in total. The van der Waals surface area contributed by atoms with Gasteiger partial charge in [0.2, 0.25) is 0 Å². The third kappa shape index (κ3) is 2.29. The molecule has 78 valence electrons. The first-order valence-electron chi connectivity index (χ1n) is 4.74. The van der Waals surface area contributed by atoms with Gasteiger partial charge in [0.25, 0.3) is 0 Å². The first kappa shape index (κ1) is 11.1. The number of pyridine rings is 1. The van der Waals surface area contributed by atoms with E-state index in [9.17, 15) is 0 Å². The van der Waals surface area contributed by atoms with E-state index in [1.165, 1.54) is 0 Å². The van der Waals surface area contributed by atoms with Gasteiger partial charge >= 0.3 is 0 Å². The zero-order valence-electron chi connectivity index (χ0n) is 8.79. The van der Waals surface area contributed by atoms with Gasteiger partial charge in [0.1, 0.15) is 5.82 Å². The molecule has 0 aliphatic heterocycles. The van der Waals surface area contributed by atoms with Crippen LogP contribution in [0.2, 0.25) is 5.02 Å². The summed E-state index contributed by atoms with van der Waals surface area (Å²) in [4.78, 5) is 6.37. The zero-order valence-corrected chi connectivity index (χ0v) is 9.54. The monoisotopic (exact) mass is 213 g/mol. The number of anilines is 2. The van der Waals surface area contributed by atoms with E-state index in [0.29, 0.717) is 16.8 Å². The Morgan fingerprint density at radius 2 is 2.21 bits per heavy atom. The van der Waals surface area contributed by atoms with Gasteiger partial charge in [0, 0.05) is 12.6 Å². The van der Waals surface area contributed by atoms with Crippen molar-refractivity contribution in [1.29, 1.82) is 0 Å². The molecule has 1 heterocycles. The Kier molecular flexibility index (Phi) is 3.58. The number of nitrogens with two attached hydrogens (primary N) is 1. The lowest BCUT2D eigenvalue weighted by Gasteiger charge is -2.27. The highest BCUT2D eigenvalue weighted by atomic mass is 35.5. The van der Waals surface area contributed by atoms with Gasteiger partial charge in [-0.25, -0.2) is 4.98 Å². The van der Waals surface area contributed by atoms with E-state index in [4.69, 9.17) is 17.3 Å². The molecule has 14 heavy (non-hydrogen) atoms. The molecule has 0 atom stereocenters. The number of nitrogen functional groups attached to an aromatic ring is 1. The van der Waals surface area contributed by atoms with E-state index in [1.54, 1.807) is 12.3 Å². The molecule has 0 bridgehead atoms. The van der Waals surface area contributed by atoms with E-state index in [0.717, 1.165) is 12.4 Å². The molecular formula is C10H16ClN3. The highest BCUT2D eigenvalue weighted by Gasteiger charge is 2.13. The van der Waals surface area contributed by atoms with Crippen LogP contribution >= 0.6 is 11.6 Å². The SMILES string of the molecule is CCN(c1ncc(N)cc1Cl)C(C)C. The molecule has 1 aromatic rings. The zero-order chi connectivity index (χ0) is 10.7.